The number of aliphatic imine (C=N–C) groups is 2. The van der Waals surface area contributed by atoms with Gasteiger partial charge in [0.2, 0.25) is 5.96 Å². The molecular weight excluding hydrogens is 245 g/mol. The number of nitrogens with one attached hydrogen (secondary N) is 1. The van der Waals surface area contributed by atoms with Gasteiger partial charge in [-0.2, -0.15) is 4.99 Å². The lowest BCUT2D eigenvalue weighted by molar-refractivity contribution is 0.470. The van der Waals surface area contributed by atoms with Gasteiger partial charge >= 0.3 is 0 Å². The van der Waals surface area contributed by atoms with E-state index in [0.717, 1.165) is 25.8 Å². The fourth-order valence-corrected chi connectivity index (χ4v) is 2.02. The van der Waals surface area contributed by atoms with E-state index in [1.165, 1.54) is 12.1 Å². The predicted octanol–water partition coefficient (Wildman–Crippen LogP) is 1.27. The normalized spacial score (nSPS) is 21.4. The van der Waals surface area contributed by atoms with E-state index in [1.54, 1.807) is 12.1 Å². The summed E-state index contributed by atoms with van der Waals surface area (Å²) in [5.74, 6) is 0.104. The maximum Gasteiger partial charge on any atom is 0.222 e. The number of halogens is 1. The van der Waals surface area contributed by atoms with Crippen molar-refractivity contribution in [1.82, 2.24) is 5.32 Å². The van der Waals surface area contributed by atoms with Crippen LogP contribution in [0.15, 0.2) is 34.3 Å². The van der Waals surface area contributed by atoms with Crippen molar-refractivity contribution in [3.8, 4) is 0 Å². The molecule has 2 rings (SSSR count). The molecule has 0 bridgehead atoms. The molecule has 1 saturated heterocycles. The van der Waals surface area contributed by atoms with E-state index in [0.29, 0.717) is 11.5 Å². The minimum absolute atomic E-state index is 0.0375. The zero-order valence-electron chi connectivity index (χ0n) is 10.6. The number of amidine groups is 1. The van der Waals surface area contributed by atoms with E-state index in [1.807, 2.05) is 0 Å². The third kappa shape index (κ3) is 4.03. The Kier molecular flexibility index (Phi) is 4.46. The Morgan fingerprint density at radius 1 is 1.32 bits per heavy atom. The van der Waals surface area contributed by atoms with Crippen LogP contribution < -0.4 is 16.8 Å². The van der Waals surface area contributed by atoms with Crippen LogP contribution in [0.25, 0.3) is 0 Å². The molecule has 0 spiro atoms. The summed E-state index contributed by atoms with van der Waals surface area (Å²) in [6, 6.07) is 5.91. The van der Waals surface area contributed by atoms with Crippen LogP contribution in [0.1, 0.15) is 19.3 Å². The lowest BCUT2D eigenvalue weighted by Gasteiger charge is -2.22. The molecule has 1 heterocycles. The Hall–Kier alpha value is -1.95. The average molecular weight is 263 g/mol. The van der Waals surface area contributed by atoms with Crippen molar-refractivity contribution in [3.05, 3.63) is 30.1 Å². The highest BCUT2D eigenvalue weighted by atomic mass is 19.1. The van der Waals surface area contributed by atoms with Crippen LogP contribution in [0.2, 0.25) is 0 Å². The van der Waals surface area contributed by atoms with Crippen LogP contribution in [0, 0.1) is 5.82 Å². The van der Waals surface area contributed by atoms with Crippen molar-refractivity contribution in [2.75, 3.05) is 6.54 Å². The largest absolute Gasteiger partial charge is 0.386 e. The Bertz CT molecular complexity index is 492. The van der Waals surface area contributed by atoms with E-state index in [9.17, 15) is 4.39 Å². The summed E-state index contributed by atoms with van der Waals surface area (Å²) in [6.07, 6.45) is 3.22. The molecule has 1 aromatic carbocycles. The van der Waals surface area contributed by atoms with Crippen LogP contribution in [-0.4, -0.2) is 24.4 Å². The molecule has 6 heteroatoms. The summed E-state index contributed by atoms with van der Waals surface area (Å²) in [5.41, 5.74) is 12.0. The maximum absolute atomic E-state index is 13.0. The topological polar surface area (TPSA) is 88.8 Å². The molecule has 1 fully saturated rings. The molecule has 1 unspecified atom stereocenters. The number of nitrogens with zero attached hydrogens (tertiary/aromatic N) is 2. The zero-order valence-corrected chi connectivity index (χ0v) is 10.6. The van der Waals surface area contributed by atoms with Gasteiger partial charge in [-0.25, -0.2) is 9.38 Å². The SMILES string of the molecule is NC(=Nc1cccc(F)c1)N=C(N)C1CCCCN1. The number of benzene rings is 1. The van der Waals surface area contributed by atoms with Gasteiger partial charge < -0.3 is 16.8 Å². The molecule has 1 aromatic rings. The fraction of sp³-hybridized carbons (Fsp3) is 0.385. The standard InChI is InChI=1S/C13H18FN5/c14-9-4-3-5-10(8-9)18-13(16)19-12(15)11-6-1-2-7-17-11/h3-5,8,11,17H,1-2,6-7H2,(H4,15,16,18,19). The van der Waals surface area contributed by atoms with Crippen LogP contribution in [0.3, 0.4) is 0 Å². The summed E-state index contributed by atoms with van der Waals surface area (Å²) >= 11 is 0. The zero-order chi connectivity index (χ0) is 13.7. The van der Waals surface area contributed by atoms with Crippen LogP contribution >= 0.6 is 0 Å². The number of rotatable bonds is 2. The highest BCUT2D eigenvalue weighted by Crippen LogP contribution is 2.13. The van der Waals surface area contributed by atoms with E-state index in [4.69, 9.17) is 11.5 Å². The lowest BCUT2D eigenvalue weighted by atomic mass is 10.0. The Morgan fingerprint density at radius 2 is 2.16 bits per heavy atom. The number of hydrogen-bond donors (Lipinski definition) is 3. The minimum atomic E-state index is -0.361. The summed E-state index contributed by atoms with van der Waals surface area (Å²) < 4.78 is 13.0. The van der Waals surface area contributed by atoms with Crippen LogP contribution in [0.4, 0.5) is 10.1 Å². The second-order valence-electron chi connectivity index (χ2n) is 4.49. The summed E-state index contributed by atoms with van der Waals surface area (Å²) in [6.45, 7) is 0.932. The third-order valence-electron chi connectivity index (χ3n) is 2.96. The highest BCUT2D eigenvalue weighted by Gasteiger charge is 2.16. The Labute approximate surface area is 111 Å². The molecular formula is C13H18FN5. The molecule has 0 aliphatic carbocycles. The first-order valence-corrected chi connectivity index (χ1v) is 6.32. The quantitative estimate of drug-likeness (QED) is 0.554. The first kappa shape index (κ1) is 13.5. The molecule has 0 radical (unpaired) electrons. The molecule has 19 heavy (non-hydrogen) atoms. The van der Waals surface area contributed by atoms with Crippen molar-refractivity contribution >= 4 is 17.5 Å². The van der Waals surface area contributed by atoms with Crippen molar-refractivity contribution in [2.24, 2.45) is 21.5 Å². The second-order valence-corrected chi connectivity index (χ2v) is 4.49. The van der Waals surface area contributed by atoms with Gasteiger partial charge in [0.15, 0.2) is 0 Å². The number of nitrogens with two attached hydrogens (primary N) is 2. The van der Waals surface area contributed by atoms with Gasteiger partial charge in [0, 0.05) is 0 Å². The molecule has 0 saturated carbocycles. The molecule has 1 aliphatic heterocycles. The van der Waals surface area contributed by atoms with Gasteiger partial charge in [0.25, 0.3) is 0 Å². The molecule has 0 aromatic heterocycles. The molecule has 102 valence electrons. The van der Waals surface area contributed by atoms with E-state index in [2.05, 4.69) is 15.3 Å². The van der Waals surface area contributed by atoms with Crippen LogP contribution in [0.5, 0.6) is 0 Å². The average Bonchev–Trinajstić information content (AvgIpc) is 2.39. The number of hydrogen-bond acceptors (Lipinski definition) is 2. The number of piperidine rings is 1. The maximum atomic E-state index is 13.0. The van der Waals surface area contributed by atoms with Crippen molar-refractivity contribution in [2.45, 2.75) is 25.3 Å². The van der Waals surface area contributed by atoms with Gasteiger partial charge in [-0.05, 0) is 37.6 Å². The van der Waals surface area contributed by atoms with Crippen molar-refractivity contribution in [3.63, 3.8) is 0 Å². The van der Waals surface area contributed by atoms with Gasteiger partial charge in [-0.15, -0.1) is 0 Å². The molecule has 5 N–H and O–H groups in total. The van der Waals surface area contributed by atoms with Gasteiger partial charge in [-0.1, -0.05) is 12.5 Å². The third-order valence-corrected chi connectivity index (χ3v) is 2.96. The van der Waals surface area contributed by atoms with Crippen LogP contribution in [-0.2, 0) is 0 Å². The van der Waals surface area contributed by atoms with E-state index < -0.39 is 0 Å². The van der Waals surface area contributed by atoms with Crippen molar-refractivity contribution in [1.29, 1.82) is 0 Å². The smallest absolute Gasteiger partial charge is 0.222 e. The molecule has 1 atom stereocenters. The minimum Gasteiger partial charge on any atom is -0.386 e. The Morgan fingerprint density at radius 3 is 2.84 bits per heavy atom. The van der Waals surface area contributed by atoms with Gasteiger partial charge in [0.05, 0.1) is 11.7 Å². The summed E-state index contributed by atoms with van der Waals surface area (Å²) in [4.78, 5) is 8.08. The number of guanidine groups is 1. The fourth-order valence-electron chi connectivity index (χ4n) is 2.02. The lowest BCUT2D eigenvalue weighted by Crippen LogP contribution is -2.45. The van der Waals surface area contributed by atoms with Crippen molar-refractivity contribution < 1.29 is 4.39 Å². The second kappa shape index (κ2) is 6.29. The first-order valence-electron chi connectivity index (χ1n) is 6.32. The molecule has 5 nitrogen and oxygen atoms in total. The Balaban J connectivity index is 2.08. The molecule has 1 aliphatic rings. The van der Waals surface area contributed by atoms with Gasteiger partial charge in [0.1, 0.15) is 11.7 Å². The summed E-state index contributed by atoms with van der Waals surface area (Å²) in [5, 5.41) is 3.27. The monoisotopic (exact) mass is 263 g/mol. The molecule has 0 amide bonds. The predicted molar refractivity (Wildman–Crippen MR) is 74.9 cm³/mol. The summed E-state index contributed by atoms with van der Waals surface area (Å²) in [7, 11) is 0. The van der Waals surface area contributed by atoms with E-state index in [-0.39, 0.29) is 17.8 Å². The van der Waals surface area contributed by atoms with E-state index >= 15 is 0 Å². The first-order chi connectivity index (χ1) is 9.15. The highest BCUT2D eigenvalue weighted by molar-refractivity contribution is 5.97. The van der Waals surface area contributed by atoms with Gasteiger partial charge in [-0.3, -0.25) is 0 Å².